The summed E-state index contributed by atoms with van der Waals surface area (Å²) in [7, 11) is -2.21. The van der Waals surface area contributed by atoms with Crippen LogP contribution in [0, 0.1) is 11.8 Å². The van der Waals surface area contributed by atoms with Crippen LogP contribution in [0.1, 0.15) is 71.1 Å². The normalized spacial score (nSPS) is 23.7. The van der Waals surface area contributed by atoms with Crippen molar-refractivity contribution in [3.63, 3.8) is 0 Å². The van der Waals surface area contributed by atoms with Gasteiger partial charge in [0, 0.05) is 32.1 Å². The Morgan fingerprint density at radius 1 is 1.09 bits per heavy atom. The third kappa shape index (κ3) is 8.74. The molecule has 3 fully saturated rings. The molecule has 2 aliphatic carbocycles. The maximum Gasteiger partial charge on any atom is 0.330 e. The Morgan fingerprint density at radius 2 is 1.83 bits per heavy atom. The van der Waals surface area contributed by atoms with Crippen LogP contribution in [0.3, 0.4) is 0 Å². The van der Waals surface area contributed by atoms with Gasteiger partial charge in [0.1, 0.15) is 11.6 Å². The monoisotopic (exact) mass is 659 g/mol. The second-order valence-corrected chi connectivity index (χ2v) is 14.9. The third-order valence-corrected chi connectivity index (χ3v) is 11.3. The summed E-state index contributed by atoms with van der Waals surface area (Å²) in [4.78, 5) is 52.9. The summed E-state index contributed by atoms with van der Waals surface area (Å²) in [6.45, 7) is 2.31. The summed E-state index contributed by atoms with van der Waals surface area (Å²) in [6.07, 6.45) is 12.2. The first-order chi connectivity index (χ1) is 22.0. The SMILES string of the molecule is CCCCC/C=C\C1C[C@]1(NC(=O)[C@@H]1CCCN1C(=O)CNCC(=O)NC(CN(C)S(=O)(=O)c1ccccc1)C1CCC1)C(=O)O. The number of rotatable bonds is 18. The molecule has 4 N–H and O–H groups in total. The minimum absolute atomic E-state index is 0.129. The second-order valence-electron chi connectivity index (χ2n) is 12.8. The van der Waals surface area contributed by atoms with Gasteiger partial charge in [-0.25, -0.2) is 13.2 Å². The lowest BCUT2D eigenvalue weighted by Crippen LogP contribution is -2.54. The number of unbranched alkanes of at least 4 members (excludes halogenated alkanes) is 3. The third-order valence-electron chi connectivity index (χ3n) is 9.49. The van der Waals surface area contributed by atoms with Crippen molar-refractivity contribution in [3.05, 3.63) is 42.5 Å². The lowest BCUT2D eigenvalue weighted by Gasteiger charge is -2.36. The summed E-state index contributed by atoms with van der Waals surface area (Å²) in [5.74, 6) is -2.34. The van der Waals surface area contributed by atoms with E-state index in [-0.39, 0.29) is 54.2 Å². The van der Waals surface area contributed by atoms with Crippen LogP contribution in [0.5, 0.6) is 0 Å². The fourth-order valence-corrected chi connectivity index (χ4v) is 7.54. The number of aliphatic carboxylic acids is 1. The number of nitrogens with one attached hydrogen (secondary N) is 3. The van der Waals surface area contributed by atoms with E-state index in [1.165, 1.54) is 16.3 Å². The number of carboxylic acids is 1. The molecule has 3 amide bonds. The fourth-order valence-electron chi connectivity index (χ4n) is 6.32. The van der Waals surface area contributed by atoms with E-state index in [9.17, 15) is 32.7 Å². The van der Waals surface area contributed by atoms with Gasteiger partial charge in [-0.2, -0.15) is 4.31 Å². The van der Waals surface area contributed by atoms with Crippen molar-refractivity contribution >= 4 is 33.7 Å². The maximum absolute atomic E-state index is 13.2. The van der Waals surface area contributed by atoms with E-state index in [0.717, 1.165) is 44.9 Å². The molecule has 12 nitrogen and oxygen atoms in total. The minimum Gasteiger partial charge on any atom is -0.479 e. The molecule has 1 aromatic carbocycles. The smallest absolute Gasteiger partial charge is 0.330 e. The Labute approximate surface area is 272 Å². The molecular formula is C33H49N5O7S. The van der Waals surface area contributed by atoms with Gasteiger partial charge in [0.15, 0.2) is 0 Å². The summed E-state index contributed by atoms with van der Waals surface area (Å²) >= 11 is 0. The highest BCUT2D eigenvalue weighted by Crippen LogP contribution is 2.45. The number of carbonyl (C=O) groups excluding carboxylic acids is 3. The lowest BCUT2D eigenvalue weighted by molar-refractivity contribution is -0.145. The van der Waals surface area contributed by atoms with Crippen LogP contribution in [0.4, 0.5) is 0 Å². The Morgan fingerprint density at radius 3 is 2.48 bits per heavy atom. The molecule has 1 heterocycles. The number of benzene rings is 1. The number of nitrogens with zero attached hydrogens (tertiary/aromatic N) is 2. The molecule has 1 saturated heterocycles. The van der Waals surface area contributed by atoms with Crippen molar-refractivity contribution in [3.8, 4) is 0 Å². The molecule has 2 unspecified atom stereocenters. The largest absolute Gasteiger partial charge is 0.479 e. The number of allylic oxidation sites excluding steroid dienone is 1. The van der Waals surface area contributed by atoms with Crippen LogP contribution in [-0.2, 0) is 29.2 Å². The number of likely N-dealkylation sites (N-methyl/N-ethyl adjacent to an activating group) is 1. The molecule has 1 aliphatic heterocycles. The molecule has 4 rings (SSSR count). The first kappa shape index (κ1) is 35.6. The number of sulfonamides is 1. The Kier molecular flexibility index (Phi) is 12.4. The molecule has 13 heteroatoms. The zero-order chi connectivity index (χ0) is 33.3. The Bertz CT molecular complexity index is 1370. The predicted molar refractivity (Wildman–Crippen MR) is 173 cm³/mol. The van der Waals surface area contributed by atoms with E-state index >= 15 is 0 Å². The minimum atomic E-state index is -3.71. The molecule has 1 aromatic rings. The van der Waals surface area contributed by atoms with Crippen LogP contribution in [0.25, 0.3) is 0 Å². The Hall–Kier alpha value is -3.29. The molecular weight excluding hydrogens is 610 g/mol. The quantitative estimate of drug-likeness (QED) is 0.138. The molecule has 0 bridgehead atoms. The first-order valence-electron chi connectivity index (χ1n) is 16.5. The van der Waals surface area contributed by atoms with Crippen LogP contribution in [0.2, 0.25) is 0 Å². The van der Waals surface area contributed by atoms with Crippen molar-refractivity contribution < 1.29 is 32.7 Å². The molecule has 3 aliphatic rings. The van der Waals surface area contributed by atoms with Gasteiger partial charge in [-0.1, -0.05) is 56.5 Å². The van der Waals surface area contributed by atoms with Crippen molar-refractivity contribution in [2.45, 2.75) is 93.7 Å². The molecule has 46 heavy (non-hydrogen) atoms. The van der Waals surface area contributed by atoms with Gasteiger partial charge in [-0.15, -0.1) is 0 Å². The van der Waals surface area contributed by atoms with E-state index < -0.39 is 33.5 Å². The fraction of sp³-hybridized carbons (Fsp3) is 0.636. The Balaban J connectivity index is 1.25. The highest BCUT2D eigenvalue weighted by atomic mass is 32.2. The van der Waals surface area contributed by atoms with Gasteiger partial charge in [0.05, 0.1) is 18.0 Å². The first-order valence-corrected chi connectivity index (χ1v) is 18.0. The van der Waals surface area contributed by atoms with Gasteiger partial charge in [0.25, 0.3) is 0 Å². The molecule has 2 saturated carbocycles. The van der Waals surface area contributed by atoms with Crippen molar-refractivity contribution in [1.82, 2.24) is 25.2 Å². The zero-order valence-electron chi connectivity index (χ0n) is 26.9. The van der Waals surface area contributed by atoms with Crippen LogP contribution in [0.15, 0.2) is 47.4 Å². The van der Waals surface area contributed by atoms with E-state index in [2.05, 4.69) is 22.9 Å². The van der Waals surface area contributed by atoms with Gasteiger partial charge in [-0.3, -0.25) is 19.7 Å². The molecule has 254 valence electrons. The van der Waals surface area contributed by atoms with Crippen molar-refractivity contribution in [2.24, 2.45) is 11.8 Å². The summed E-state index contributed by atoms with van der Waals surface area (Å²) in [5.41, 5.74) is -1.34. The average Bonchev–Trinajstić information content (AvgIpc) is 3.46. The van der Waals surface area contributed by atoms with Crippen molar-refractivity contribution in [2.75, 3.05) is 33.2 Å². The second kappa shape index (κ2) is 16.0. The van der Waals surface area contributed by atoms with Crippen molar-refractivity contribution in [1.29, 1.82) is 0 Å². The van der Waals surface area contributed by atoms with Gasteiger partial charge < -0.3 is 20.6 Å². The summed E-state index contributed by atoms with van der Waals surface area (Å²) in [5, 5.41) is 18.5. The van der Waals surface area contributed by atoms with E-state index in [4.69, 9.17) is 0 Å². The number of hydrogen-bond donors (Lipinski definition) is 4. The topological polar surface area (TPSA) is 165 Å². The molecule has 0 aromatic heterocycles. The summed E-state index contributed by atoms with van der Waals surface area (Å²) < 4.78 is 27.3. The van der Waals surface area contributed by atoms with Crippen LogP contribution in [-0.4, -0.2) is 97.3 Å². The zero-order valence-corrected chi connectivity index (χ0v) is 27.8. The highest BCUT2D eigenvalue weighted by Gasteiger charge is 2.61. The van der Waals surface area contributed by atoms with E-state index in [1.807, 2.05) is 12.2 Å². The van der Waals surface area contributed by atoms with Gasteiger partial charge in [0.2, 0.25) is 27.7 Å². The van der Waals surface area contributed by atoms with Gasteiger partial charge in [-0.05, 0) is 63.0 Å². The van der Waals surface area contributed by atoms with Crippen LogP contribution < -0.4 is 16.0 Å². The highest BCUT2D eigenvalue weighted by molar-refractivity contribution is 7.89. The van der Waals surface area contributed by atoms with Gasteiger partial charge >= 0.3 is 5.97 Å². The van der Waals surface area contributed by atoms with E-state index in [0.29, 0.717) is 25.8 Å². The standard InChI is InChI=1S/C33H49N5O7S/c1-3-4-5-6-8-15-25-20-33(25,32(42)43)36-31(41)28-18-12-19-38(28)30(40)22-34-21-29(39)35-27(24-13-11-14-24)23-37(2)46(44,45)26-16-9-7-10-17-26/h7-10,15-17,24-25,27-28,34H,3-6,11-14,18-23H2,1-2H3,(H,35,39)(H,36,41)(H,42,43)/b15-8-/t25?,27?,28-,33+/m0/s1. The average molecular weight is 660 g/mol. The number of amides is 3. The van der Waals surface area contributed by atoms with Crippen LogP contribution >= 0.6 is 0 Å². The molecule has 0 radical (unpaired) electrons. The maximum atomic E-state index is 13.2. The predicted octanol–water partition coefficient (Wildman–Crippen LogP) is 2.27. The number of carboxylic acid groups (broad SMARTS) is 1. The number of hydrogen-bond acceptors (Lipinski definition) is 7. The summed E-state index contributed by atoms with van der Waals surface area (Å²) in [6, 6.07) is 7.03. The lowest BCUT2D eigenvalue weighted by atomic mass is 9.79. The van der Waals surface area contributed by atoms with E-state index in [1.54, 1.807) is 30.3 Å². The number of likely N-dealkylation sites (tertiary alicyclic amines) is 1. The molecule has 4 atom stereocenters. The number of carbonyl (C=O) groups is 4. The molecule has 0 spiro atoms.